The highest BCUT2D eigenvalue weighted by molar-refractivity contribution is 5.88. The van der Waals surface area contributed by atoms with E-state index in [0.717, 1.165) is 0 Å². The molecule has 1 aromatic rings. The number of carbonyl (C=O) groups excluding carboxylic acids is 1. The normalized spacial score (nSPS) is 12.1. The van der Waals surface area contributed by atoms with Gasteiger partial charge >= 0.3 is 5.97 Å². The van der Waals surface area contributed by atoms with Crippen LogP contribution in [0.25, 0.3) is 0 Å². The second-order valence-electron chi connectivity index (χ2n) is 3.36. The van der Waals surface area contributed by atoms with E-state index in [2.05, 4.69) is 16.8 Å². The average Bonchev–Trinajstić information content (AvgIpc) is 2.37. The summed E-state index contributed by atoms with van der Waals surface area (Å²) >= 11 is 0. The summed E-state index contributed by atoms with van der Waals surface area (Å²) in [6.45, 7) is 4.81. The molecule has 5 heteroatoms. The molecule has 0 fully saturated rings. The number of carbonyl (C=O) groups is 1. The van der Waals surface area contributed by atoms with Gasteiger partial charge in [-0.25, -0.2) is 4.79 Å². The Morgan fingerprint density at radius 1 is 1.44 bits per heavy atom. The van der Waals surface area contributed by atoms with Crippen molar-refractivity contribution in [3.8, 4) is 0 Å². The molecule has 1 rings (SSSR count). The molecule has 0 amide bonds. The van der Waals surface area contributed by atoms with Gasteiger partial charge in [-0.05, 0) is 19.1 Å². The topological polar surface area (TPSA) is 71.2 Å². The quantitative estimate of drug-likeness (QED) is 0.285. The van der Waals surface area contributed by atoms with Crippen molar-refractivity contribution in [1.29, 1.82) is 0 Å². The van der Waals surface area contributed by atoms with Crippen molar-refractivity contribution in [2.75, 3.05) is 6.61 Å². The predicted octanol–water partition coefficient (Wildman–Crippen LogP) is 3.29. The number of esters is 1. The lowest BCUT2D eigenvalue weighted by atomic mass is 10.3. The van der Waals surface area contributed by atoms with Crippen LogP contribution in [0.3, 0.4) is 0 Å². The van der Waals surface area contributed by atoms with E-state index in [0.29, 0.717) is 5.69 Å². The Hall–Kier alpha value is -2.43. The van der Waals surface area contributed by atoms with Crippen molar-refractivity contribution in [3.05, 3.63) is 54.4 Å². The maximum Gasteiger partial charge on any atom is 0.362 e. The van der Waals surface area contributed by atoms with Gasteiger partial charge in [-0.3, -0.25) is 0 Å². The van der Waals surface area contributed by atoms with Crippen LogP contribution in [0.5, 0.6) is 0 Å². The van der Waals surface area contributed by atoms with Gasteiger partial charge in [0.2, 0.25) is 5.70 Å². The molecule has 0 aliphatic carbocycles. The number of aliphatic hydroxyl groups excluding tert-OH is 1. The van der Waals surface area contributed by atoms with Gasteiger partial charge in [0.1, 0.15) is 12.4 Å². The summed E-state index contributed by atoms with van der Waals surface area (Å²) in [5.74, 6) is -0.988. The van der Waals surface area contributed by atoms with Crippen LogP contribution in [0.2, 0.25) is 0 Å². The fourth-order valence-electron chi connectivity index (χ4n) is 1.07. The largest absolute Gasteiger partial charge is 0.510 e. The fourth-order valence-corrected chi connectivity index (χ4v) is 1.07. The summed E-state index contributed by atoms with van der Waals surface area (Å²) in [5.41, 5.74) is 0.355. The summed E-state index contributed by atoms with van der Waals surface area (Å²) in [4.78, 5) is 11.5. The van der Waals surface area contributed by atoms with E-state index in [1.165, 1.54) is 13.0 Å². The number of allylic oxidation sites excluding steroid dienone is 1. The van der Waals surface area contributed by atoms with Crippen LogP contribution in [0.15, 0.2) is 64.7 Å². The second kappa shape index (κ2) is 7.01. The Morgan fingerprint density at radius 3 is 2.67 bits per heavy atom. The molecule has 94 valence electrons. The van der Waals surface area contributed by atoms with Crippen molar-refractivity contribution in [1.82, 2.24) is 0 Å². The molecule has 0 aliphatic heterocycles. The summed E-state index contributed by atoms with van der Waals surface area (Å²) in [7, 11) is 0. The third-order valence-corrected chi connectivity index (χ3v) is 1.89. The molecule has 0 radical (unpaired) electrons. The Morgan fingerprint density at radius 2 is 2.11 bits per heavy atom. The first kappa shape index (κ1) is 13.6. The van der Waals surface area contributed by atoms with Crippen molar-refractivity contribution < 1.29 is 14.6 Å². The van der Waals surface area contributed by atoms with Crippen LogP contribution < -0.4 is 0 Å². The van der Waals surface area contributed by atoms with E-state index >= 15 is 0 Å². The highest BCUT2D eigenvalue weighted by Gasteiger charge is 2.13. The standard InChI is InChI=1S/C13H14N2O3/c1-3-9-18-13(17)12(10(2)16)15-14-11-7-5-4-6-8-11/h3-8,16H,1,9H2,2H3/b12-10-,15-14?. The van der Waals surface area contributed by atoms with E-state index in [-0.39, 0.29) is 18.1 Å². The van der Waals surface area contributed by atoms with Gasteiger partial charge in [-0.1, -0.05) is 30.9 Å². The average molecular weight is 246 g/mol. The molecule has 0 aliphatic rings. The summed E-state index contributed by atoms with van der Waals surface area (Å²) in [6.07, 6.45) is 1.43. The van der Waals surface area contributed by atoms with Gasteiger partial charge in [0, 0.05) is 0 Å². The lowest BCUT2D eigenvalue weighted by Crippen LogP contribution is -2.08. The molecule has 1 N–H and O–H groups in total. The zero-order valence-electron chi connectivity index (χ0n) is 10.0. The van der Waals surface area contributed by atoms with Crippen LogP contribution >= 0.6 is 0 Å². The van der Waals surface area contributed by atoms with Gasteiger partial charge in [0.05, 0.1) is 5.69 Å². The Labute approximate surface area is 105 Å². The Kier molecular flexibility index (Phi) is 5.31. The molecule has 0 saturated heterocycles. The van der Waals surface area contributed by atoms with E-state index < -0.39 is 5.97 Å². The van der Waals surface area contributed by atoms with Crippen LogP contribution in [0.1, 0.15) is 6.92 Å². The molecule has 5 nitrogen and oxygen atoms in total. The van der Waals surface area contributed by atoms with Crippen LogP contribution in [-0.2, 0) is 9.53 Å². The minimum Gasteiger partial charge on any atom is -0.510 e. The van der Waals surface area contributed by atoms with Crippen LogP contribution in [-0.4, -0.2) is 17.7 Å². The predicted molar refractivity (Wildman–Crippen MR) is 67.4 cm³/mol. The third-order valence-electron chi connectivity index (χ3n) is 1.89. The van der Waals surface area contributed by atoms with Crippen molar-refractivity contribution in [2.24, 2.45) is 10.2 Å². The van der Waals surface area contributed by atoms with Gasteiger partial charge in [0.15, 0.2) is 0 Å². The summed E-state index contributed by atoms with van der Waals surface area (Å²) in [6, 6.07) is 8.87. The summed E-state index contributed by atoms with van der Waals surface area (Å²) < 4.78 is 4.77. The molecule has 18 heavy (non-hydrogen) atoms. The number of nitrogens with zero attached hydrogens (tertiary/aromatic N) is 2. The van der Waals surface area contributed by atoms with E-state index in [1.807, 2.05) is 6.07 Å². The Bertz CT molecular complexity index is 474. The second-order valence-corrected chi connectivity index (χ2v) is 3.36. The third kappa shape index (κ3) is 4.21. The minimum atomic E-state index is -0.741. The molecular weight excluding hydrogens is 232 g/mol. The van der Waals surface area contributed by atoms with Crippen molar-refractivity contribution in [3.63, 3.8) is 0 Å². The van der Waals surface area contributed by atoms with E-state index in [9.17, 15) is 9.90 Å². The molecule has 0 aromatic heterocycles. The number of hydrogen-bond acceptors (Lipinski definition) is 5. The van der Waals surface area contributed by atoms with Gasteiger partial charge < -0.3 is 9.84 Å². The molecule has 0 bridgehead atoms. The number of benzene rings is 1. The molecule has 0 spiro atoms. The highest BCUT2D eigenvalue weighted by Crippen LogP contribution is 2.14. The van der Waals surface area contributed by atoms with Gasteiger partial charge in [0.25, 0.3) is 0 Å². The van der Waals surface area contributed by atoms with Gasteiger partial charge in [-0.2, -0.15) is 5.11 Å². The first-order chi connectivity index (χ1) is 8.65. The smallest absolute Gasteiger partial charge is 0.362 e. The van der Waals surface area contributed by atoms with Crippen molar-refractivity contribution >= 4 is 11.7 Å². The minimum absolute atomic E-state index is 0.0521. The maximum absolute atomic E-state index is 11.5. The molecular formula is C13H14N2O3. The van der Waals surface area contributed by atoms with Crippen molar-refractivity contribution in [2.45, 2.75) is 6.92 Å². The zero-order chi connectivity index (χ0) is 13.4. The molecule has 0 atom stereocenters. The lowest BCUT2D eigenvalue weighted by molar-refractivity contribution is -0.138. The molecule has 1 aromatic carbocycles. The SMILES string of the molecule is C=CCOC(=O)/C(N=Nc1ccccc1)=C(\C)O. The first-order valence-electron chi connectivity index (χ1n) is 5.29. The van der Waals surface area contributed by atoms with E-state index in [4.69, 9.17) is 4.74 Å². The molecule has 0 saturated carbocycles. The van der Waals surface area contributed by atoms with Crippen LogP contribution in [0.4, 0.5) is 5.69 Å². The van der Waals surface area contributed by atoms with Gasteiger partial charge in [-0.15, -0.1) is 5.11 Å². The number of hydrogen-bond donors (Lipinski definition) is 1. The first-order valence-corrected chi connectivity index (χ1v) is 5.29. The number of ether oxygens (including phenoxy) is 1. The number of aliphatic hydroxyl groups is 1. The lowest BCUT2D eigenvalue weighted by Gasteiger charge is -2.02. The molecule has 0 heterocycles. The zero-order valence-corrected chi connectivity index (χ0v) is 10.0. The monoisotopic (exact) mass is 246 g/mol. The van der Waals surface area contributed by atoms with E-state index in [1.54, 1.807) is 24.3 Å². The fraction of sp³-hybridized carbons (Fsp3) is 0.154. The van der Waals surface area contributed by atoms with Crippen LogP contribution in [0, 0.1) is 0 Å². The highest BCUT2D eigenvalue weighted by atomic mass is 16.5. The number of azo groups is 1. The molecule has 0 unspecified atom stereocenters. The summed E-state index contributed by atoms with van der Waals surface area (Å²) in [5, 5.41) is 16.9. The Balaban J connectivity index is 2.83. The maximum atomic E-state index is 11.5. The number of rotatable bonds is 5.